The smallest absolute Gasteiger partial charge is 0.249 e. The fraction of sp³-hybridized carbons (Fsp3) is 0.167. The van der Waals surface area contributed by atoms with Crippen LogP contribution in [0.3, 0.4) is 0 Å². The molecule has 0 aromatic heterocycles. The monoisotopic (exact) mass is 214 g/mol. The standard InChI is InChI=1S/C12H10N2O2/c1-2-8-4-3-5-9(6-8)13-10-7-11(15)14-12(10)16/h1,3-6,10,13H,7H2,(H,14,15,16). The van der Waals surface area contributed by atoms with E-state index in [0.29, 0.717) is 0 Å². The first-order valence-electron chi connectivity index (χ1n) is 4.86. The third kappa shape index (κ3) is 2.04. The molecule has 16 heavy (non-hydrogen) atoms. The van der Waals surface area contributed by atoms with E-state index in [1.807, 2.05) is 0 Å². The molecule has 4 nitrogen and oxygen atoms in total. The van der Waals surface area contributed by atoms with Crippen molar-refractivity contribution in [3.05, 3.63) is 29.8 Å². The summed E-state index contributed by atoms with van der Waals surface area (Å²) in [6.07, 6.45) is 5.43. The Kier molecular flexibility index (Phi) is 2.61. The molecule has 0 spiro atoms. The number of amides is 2. The molecule has 1 aliphatic heterocycles. The normalized spacial score (nSPS) is 19.1. The Balaban J connectivity index is 2.12. The van der Waals surface area contributed by atoms with Crippen LogP contribution in [-0.2, 0) is 9.59 Å². The van der Waals surface area contributed by atoms with Crippen molar-refractivity contribution in [1.82, 2.24) is 5.32 Å². The minimum Gasteiger partial charge on any atom is -0.373 e. The molecule has 2 N–H and O–H groups in total. The van der Waals surface area contributed by atoms with Gasteiger partial charge in [-0.25, -0.2) is 0 Å². The molecule has 4 heteroatoms. The maximum atomic E-state index is 11.3. The Morgan fingerprint density at radius 1 is 1.44 bits per heavy atom. The number of rotatable bonds is 2. The average molecular weight is 214 g/mol. The van der Waals surface area contributed by atoms with Crippen LogP contribution in [0.5, 0.6) is 0 Å². The van der Waals surface area contributed by atoms with Gasteiger partial charge in [0, 0.05) is 11.3 Å². The summed E-state index contributed by atoms with van der Waals surface area (Å²) < 4.78 is 0. The molecule has 1 unspecified atom stereocenters. The molecule has 0 aliphatic carbocycles. The van der Waals surface area contributed by atoms with Gasteiger partial charge >= 0.3 is 0 Å². The quantitative estimate of drug-likeness (QED) is 0.556. The van der Waals surface area contributed by atoms with Crippen LogP contribution in [0.15, 0.2) is 24.3 Å². The molecular formula is C12H10N2O2. The highest BCUT2D eigenvalue weighted by atomic mass is 16.2. The number of imide groups is 1. The molecule has 1 saturated heterocycles. The Bertz CT molecular complexity index is 488. The van der Waals surface area contributed by atoms with Crippen LogP contribution >= 0.6 is 0 Å². The zero-order valence-electron chi connectivity index (χ0n) is 8.49. The number of carbonyl (C=O) groups is 2. The summed E-state index contributed by atoms with van der Waals surface area (Å²) in [6.45, 7) is 0. The van der Waals surface area contributed by atoms with E-state index >= 15 is 0 Å². The zero-order valence-corrected chi connectivity index (χ0v) is 8.49. The van der Waals surface area contributed by atoms with Crippen LogP contribution in [-0.4, -0.2) is 17.9 Å². The van der Waals surface area contributed by atoms with Gasteiger partial charge in [0.15, 0.2) is 0 Å². The largest absolute Gasteiger partial charge is 0.373 e. The molecule has 0 bridgehead atoms. The lowest BCUT2D eigenvalue weighted by Crippen LogP contribution is -2.29. The van der Waals surface area contributed by atoms with E-state index in [1.165, 1.54) is 0 Å². The summed E-state index contributed by atoms with van der Waals surface area (Å²) in [4.78, 5) is 22.3. The minimum atomic E-state index is -0.500. The lowest BCUT2D eigenvalue weighted by Gasteiger charge is -2.10. The number of nitrogens with one attached hydrogen (secondary N) is 2. The summed E-state index contributed by atoms with van der Waals surface area (Å²) in [6, 6.07) is 6.66. The molecule has 1 fully saturated rings. The Morgan fingerprint density at radius 3 is 2.88 bits per heavy atom. The highest BCUT2D eigenvalue weighted by Crippen LogP contribution is 2.14. The lowest BCUT2D eigenvalue weighted by atomic mass is 10.2. The van der Waals surface area contributed by atoms with Crippen LogP contribution in [0.4, 0.5) is 5.69 Å². The second-order valence-electron chi connectivity index (χ2n) is 3.54. The van der Waals surface area contributed by atoms with E-state index in [0.717, 1.165) is 11.3 Å². The van der Waals surface area contributed by atoms with Crippen LogP contribution in [0, 0.1) is 12.3 Å². The van der Waals surface area contributed by atoms with Gasteiger partial charge in [0.25, 0.3) is 0 Å². The predicted molar refractivity (Wildman–Crippen MR) is 59.6 cm³/mol. The maximum Gasteiger partial charge on any atom is 0.249 e. The van der Waals surface area contributed by atoms with E-state index in [2.05, 4.69) is 16.6 Å². The molecule has 0 saturated carbocycles. The number of anilines is 1. The fourth-order valence-electron chi connectivity index (χ4n) is 1.57. The van der Waals surface area contributed by atoms with E-state index < -0.39 is 6.04 Å². The zero-order chi connectivity index (χ0) is 11.5. The molecule has 1 heterocycles. The van der Waals surface area contributed by atoms with Crippen molar-refractivity contribution in [2.24, 2.45) is 0 Å². The van der Waals surface area contributed by atoms with Crippen molar-refractivity contribution >= 4 is 17.5 Å². The van der Waals surface area contributed by atoms with Gasteiger partial charge in [-0.2, -0.15) is 0 Å². The van der Waals surface area contributed by atoms with Crippen molar-refractivity contribution in [1.29, 1.82) is 0 Å². The van der Waals surface area contributed by atoms with Gasteiger partial charge in [0.2, 0.25) is 11.8 Å². The van der Waals surface area contributed by atoms with Gasteiger partial charge in [-0.15, -0.1) is 6.42 Å². The molecule has 1 aromatic rings. The number of hydrogen-bond donors (Lipinski definition) is 2. The molecular weight excluding hydrogens is 204 g/mol. The molecule has 1 atom stereocenters. The topological polar surface area (TPSA) is 58.2 Å². The van der Waals surface area contributed by atoms with Crippen molar-refractivity contribution in [3.63, 3.8) is 0 Å². The SMILES string of the molecule is C#Cc1cccc(NC2CC(=O)NC2=O)c1. The number of benzene rings is 1. The van der Waals surface area contributed by atoms with Crippen molar-refractivity contribution < 1.29 is 9.59 Å². The summed E-state index contributed by atoms with van der Waals surface area (Å²) >= 11 is 0. The highest BCUT2D eigenvalue weighted by molar-refractivity contribution is 6.06. The van der Waals surface area contributed by atoms with Gasteiger partial charge in [0.05, 0.1) is 6.42 Å². The molecule has 1 aromatic carbocycles. The second-order valence-corrected chi connectivity index (χ2v) is 3.54. The molecule has 0 radical (unpaired) electrons. The lowest BCUT2D eigenvalue weighted by molar-refractivity contribution is -0.124. The molecule has 2 rings (SSSR count). The number of hydrogen-bond acceptors (Lipinski definition) is 3. The first-order valence-corrected chi connectivity index (χ1v) is 4.86. The van der Waals surface area contributed by atoms with Gasteiger partial charge in [-0.05, 0) is 18.2 Å². The fourth-order valence-corrected chi connectivity index (χ4v) is 1.57. The maximum absolute atomic E-state index is 11.3. The Labute approximate surface area is 93.0 Å². The van der Waals surface area contributed by atoms with Crippen LogP contribution < -0.4 is 10.6 Å². The summed E-state index contributed by atoms with van der Waals surface area (Å²) in [5.74, 6) is 1.96. The van der Waals surface area contributed by atoms with E-state index in [-0.39, 0.29) is 18.2 Å². The van der Waals surface area contributed by atoms with Gasteiger partial charge < -0.3 is 5.32 Å². The predicted octanol–water partition coefficient (Wildman–Crippen LogP) is 0.495. The Morgan fingerprint density at radius 2 is 2.25 bits per heavy atom. The van der Waals surface area contributed by atoms with E-state index in [1.54, 1.807) is 24.3 Å². The number of terminal acetylenes is 1. The molecule has 80 valence electrons. The van der Waals surface area contributed by atoms with Crippen molar-refractivity contribution in [2.45, 2.75) is 12.5 Å². The summed E-state index contributed by atoms with van der Waals surface area (Å²) in [7, 11) is 0. The third-order valence-corrected chi connectivity index (χ3v) is 2.34. The van der Waals surface area contributed by atoms with Crippen molar-refractivity contribution in [2.75, 3.05) is 5.32 Å². The van der Waals surface area contributed by atoms with Gasteiger partial charge in [0.1, 0.15) is 6.04 Å². The summed E-state index contributed by atoms with van der Waals surface area (Å²) in [5, 5.41) is 5.20. The molecule has 1 aliphatic rings. The van der Waals surface area contributed by atoms with Crippen molar-refractivity contribution in [3.8, 4) is 12.3 Å². The van der Waals surface area contributed by atoms with Crippen LogP contribution in [0.25, 0.3) is 0 Å². The van der Waals surface area contributed by atoms with Crippen LogP contribution in [0.2, 0.25) is 0 Å². The van der Waals surface area contributed by atoms with Gasteiger partial charge in [-0.1, -0.05) is 12.0 Å². The first kappa shape index (κ1) is 10.2. The first-order chi connectivity index (χ1) is 7.69. The minimum absolute atomic E-state index is 0.166. The van der Waals surface area contributed by atoms with E-state index in [9.17, 15) is 9.59 Å². The second kappa shape index (κ2) is 4.07. The highest BCUT2D eigenvalue weighted by Gasteiger charge is 2.30. The third-order valence-electron chi connectivity index (χ3n) is 2.34. The average Bonchev–Trinajstić information content (AvgIpc) is 2.58. The summed E-state index contributed by atoms with van der Waals surface area (Å²) in [5.41, 5.74) is 1.47. The number of carbonyl (C=O) groups excluding carboxylic acids is 2. The Hall–Kier alpha value is -2.28. The van der Waals surface area contributed by atoms with Gasteiger partial charge in [-0.3, -0.25) is 14.9 Å². The molecule has 2 amide bonds. The van der Waals surface area contributed by atoms with Crippen LogP contribution in [0.1, 0.15) is 12.0 Å². The van der Waals surface area contributed by atoms with E-state index in [4.69, 9.17) is 6.42 Å².